The molecule has 3 fully saturated rings. The summed E-state index contributed by atoms with van der Waals surface area (Å²) in [5.41, 5.74) is 10.2. The summed E-state index contributed by atoms with van der Waals surface area (Å²) in [6, 6.07) is 9.75. The van der Waals surface area contributed by atoms with Crippen LogP contribution in [0.3, 0.4) is 0 Å². The number of anilines is 3. The number of rotatable bonds is 7. The highest BCUT2D eigenvalue weighted by Crippen LogP contribution is 2.34. The number of nitrogens with two attached hydrogens (primary N) is 1. The molecule has 0 atom stereocenters. The molecule has 9 heteroatoms. The number of morpholine rings is 1. The molecule has 192 valence electrons. The largest absolute Gasteiger partial charge is 0.379 e. The van der Waals surface area contributed by atoms with Gasteiger partial charge >= 0.3 is 0 Å². The van der Waals surface area contributed by atoms with Gasteiger partial charge in [-0.1, -0.05) is 25.0 Å². The molecule has 1 saturated heterocycles. The molecule has 4 N–H and O–H groups in total. The van der Waals surface area contributed by atoms with Crippen molar-refractivity contribution in [2.24, 2.45) is 5.73 Å². The summed E-state index contributed by atoms with van der Waals surface area (Å²) in [7, 11) is 0. The zero-order valence-corrected chi connectivity index (χ0v) is 21.0. The number of ether oxygens (including phenoxy) is 1. The van der Waals surface area contributed by atoms with Crippen LogP contribution in [0.1, 0.15) is 63.0 Å². The first kappa shape index (κ1) is 23.6. The van der Waals surface area contributed by atoms with Crippen LogP contribution in [0.2, 0.25) is 0 Å². The topological polar surface area (TPSA) is 106 Å². The summed E-state index contributed by atoms with van der Waals surface area (Å²) in [6.45, 7) is 4.49. The molecule has 6 rings (SSSR count). The number of nitrogens with one attached hydrogen (secondary N) is 2. The normalized spacial score (nSPS) is 23.8. The lowest BCUT2D eigenvalue weighted by molar-refractivity contribution is 0.0342. The molecule has 2 aromatic heterocycles. The van der Waals surface area contributed by atoms with Crippen LogP contribution in [0.15, 0.2) is 30.6 Å². The molecule has 3 aliphatic rings. The van der Waals surface area contributed by atoms with Crippen molar-refractivity contribution in [1.29, 1.82) is 0 Å². The van der Waals surface area contributed by atoms with Crippen molar-refractivity contribution >= 4 is 28.6 Å². The first-order valence-corrected chi connectivity index (χ1v) is 13.6. The molecule has 1 aromatic carbocycles. The van der Waals surface area contributed by atoms with Gasteiger partial charge < -0.3 is 25.7 Å². The Labute approximate surface area is 212 Å². The van der Waals surface area contributed by atoms with Crippen molar-refractivity contribution in [3.8, 4) is 0 Å². The van der Waals surface area contributed by atoms with Gasteiger partial charge in [0.1, 0.15) is 0 Å². The third kappa shape index (κ3) is 5.33. The summed E-state index contributed by atoms with van der Waals surface area (Å²) >= 11 is 0. The minimum Gasteiger partial charge on any atom is -0.379 e. The van der Waals surface area contributed by atoms with E-state index in [1.54, 1.807) is 0 Å². The number of benzene rings is 1. The van der Waals surface area contributed by atoms with Crippen LogP contribution >= 0.6 is 0 Å². The monoisotopic (exact) mass is 490 g/mol. The van der Waals surface area contributed by atoms with E-state index >= 15 is 0 Å². The van der Waals surface area contributed by atoms with Gasteiger partial charge in [0.25, 0.3) is 0 Å². The Morgan fingerprint density at radius 3 is 2.61 bits per heavy atom. The number of hydrogen-bond donors (Lipinski definition) is 3. The average Bonchev–Trinajstić information content (AvgIpc) is 3.57. The molecule has 0 spiro atoms. The molecule has 0 radical (unpaired) electrons. The number of imidazole rings is 1. The molecule has 0 amide bonds. The Kier molecular flexibility index (Phi) is 7.03. The minimum atomic E-state index is 0.317. The Balaban J connectivity index is 1.28. The maximum Gasteiger partial charge on any atom is 0.227 e. The third-order valence-corrected chi connectivity index (χ3v) is 7.94. The molecule has 36 heavy (non-hydrogen) atoms. The molecular formula is C27H38N8O. The molecular weight excluding hydrogens is 452 g/mol. The number of aromatic nitrogens is 4. The molecule has 0 bridgehead atoms. The smallest absolute Gasteiger partial charge is 0.227 e. The summed E-state index contributed by atoms with van der Waals surface area (Å²) in [6.07, 6.45) is 11.1. The van der Waals surface area contributed by atoms with E-state index in [0.717, 1.165) is 81.2 Å². The maximum absolute atomic E-state index is 6.13. The van der Waals surface area contributed by atoms with Gasteiger partial charge in [0.2, 0.25) is 5.95 Å². The Morgan fingerprint density at radius 1 is 1.00 bits per heavy atom. The minimum absolute atomic E-state index is 0.317. The van der Waals surface area contributed by atoms with Gasteiger partial charge in [-0.25, -0.2) is 4.98 Å². The molecule has 2 saturated carbocycles. The van der Waals surface area contributed by atoms with Crippen LogP contribution in [-0.4, -0.2) is 62.8 Å². The van der Waals surface area contributed by atoms with Crippen molar-refractivity contribution in [2.45, 2.75) is 76.0 Å². The zero-order chi connectivity index (χ0) is 24.3. The SMILES string of the molecule is NC1CCC(Nc2nc(Nc3cccc(CN4CCOCC4)c3)c3ncn(C4CCCC4)c3n2)CC1. The molecule has 9 nitrogen and oxygen atoms in total. The van der Waals surface area contributed by atoms with E-state index in [2.05, 4.69) is 44.4 Å². The van der Waals surface area contributed by atoms with Gasteiger partial charge in [0, 0.05) is 43.4 Å². The van der Waals surface area contributed by atoms with Crippen LogP contribution in [0.5, 0.6) is 0 Å². The van der Waals surface area contributed by atoms with E-state index in [4.69, 9.17) is 25.4 Å². The highest BCUT2D eigenvalue weighted by molar-refractivity contribution is 5.86. The fourth-order valence-corrected chi connectivity index (χ4v) is 5.87. The van der Waals surface area contributed by atoms with Crippen LogP contribution < -0.4 is 16.4 Å². The highest BCUT2D eigenvalue weighted by atomic mass is 16.5. The van der Waals surface area contributed by atoms with Gasteiger partial charge in [-0.3, -0.25) is 4.90 Å². The Bertz CT molecular complexity index is 1160. The number of fused-ring (bicyclic) bond motifs is 1. The van der Waals surface area contributed by atoms with E-state index in [-0.39, 0.29) is 0 Å². The van der Waals surface area contributed by atoms with Crippen LogP contribution in [0.4, 0.5) is 17.5 Å². The quantitative estimate of drug-likeness (QED) is 0.453. The highest BCUT2D eigenvalue weighted by Gasteiger charge is 2.24. The van der Waals surface area contributed by atoms with Crippen molar-refractivity contribution in [3.63, 3.8) is 0 Å². The van der Waals surface area contributed by atoms with Gasteiger partial charge in [-0.05, 0) is 56.2 Å². The summed E-state index contributed by atoms with van der Waals surface area (Å²) < 4.78 is 7.77. The van der Waals surface area contributed by atoms with Crippen LogP contribution in [0, 0.1) is 0 Å². The fraction of sp³-hybridized carbons (Fsp3) is 0.593. The first-order valence-electron chi connectivity index (χ1n) is 13.6. The first-order chi connectivity index (χ1) is 17.7. The van der Waals surface area contributed by atoms with Gasteiger partial charge in [-0.15, -0.1) is 0 Å². The Morgan fingerprint density at radius 2 is 1.81 bits per heavy atom. The van der Waals surface area contributed by atoms with E-state index in [0.29, 0.717) is 24.1 Å². The van der Waals surface area contributed by atoms with Crippen molar-refractivity contribution in [1.82, 2.24) is 24.4 Å². The van der Waals surface area contributed by atoms with E-state index in [1.807, 2.05) is 6.33 Å². The lowest BCUT2D eigenvalue weighted by atomic mass is 9.92. The predicted molar refractivity (Wildman–Crippen MR) is 143 cm³/mol. The maximum atomic E-state index is 6.13. The summed E-state index contributed by atoms with van der Waals surface area (Å²) in [4.78, 5) is 17.1. The summed E-state index contributed by atoms with van der Waals surface area (Å²) in [5, 5.41) is 7.20. The van der Waals surface area contributed by atoms with Gasteiger partial charge in [0.05, 0.1) is 19.5 Å². The van der Waals surface area contributed by atoms with Crippen LogP contribution in [0.25, 0.3) is 11.2 Å². The number of nitrogens with zero attached hydrogens (tertiary/aromatic N) is 5. The van der Waals surface area contributed by atoms with E-state index < -0.39 is 0 Å². The fourth-order valence-electron chi connectivity index (χ4n) is 5.87. The van der Waals surface area contributed by atoms with Crippen molar-refractivity contribution in [3.05, 3.63) is 36.2 Å². The predicted octanol–water partition coefficient (Wildman–Crippen LogP) is 4.20. The van der Waals surface area contributed by atoms with Crippen molar-refractivity contribution < 1.29 is 4.74 Å². The van der Waals surface area contributed by atoms with Crippen molar-refractivity contribution in [2.75, 3.05) is 36.9 Å². The second-order valence-electron chi connectivity index (χ2n) is 10.6. The van der Waals surface area contributed by atoms with Crippen LogP contribution in [-0.2, 0) is 11.3 Å². The summed E-state index contributed by atoms with van der Waals surface area (Å²) in [5.74, 6) is 1.44. The van der Waals surface area contributed by atoms with Gasteiger partial charge in [-0.2, -0.15) is 9.97 Å². The second-order valence-corrected chi connectivity index (χ2v) is 10.6. The van der Waals surface area contributed by atoms with E-state index in [1.165, 1.54) is 31.2 Å². The average molecular weight is 491 g/mol. The Hall–Kier alpha value is -2.75. The lowest BCUT2D eigenvalue weighted by Crippen LogP contribution is -2.35. The third-order valence-electron chi connectivity index (χ3n) is 7.94. The molecule has 1 aliphatic heterocycles. The van der Waals surface area contributed by atoms with Gasteiger partial charge in [0.15, 0.2) is 17.0 Å². The zero-order valence-electron chi connectivity index (χ0n) is 21.0. The standard InChI is InChI=1S/C27H38N8O/c28-20-8-10-21(11-9-20)31-27-32-25(24-26(33-27)35(18-29-24)23-6-1-2-7-23)30-22-5-3-4-19(16-22)17-34-12-14-36-15-13-34/h3-5,16,18,20-21,23H,1-2,6-15,17,28H2,(H2,30,31,32,33). The number of hydrogen-bond acceptors (Lipinski definition) is 8. The lowest BCUT2D eigenvalue weighted by Gasteiger charge is -2.27. The molecule has 3 aromatic rings. The molecule has 2 aliphatic carbocycles. The van der Waals surface area contributed by atoms with E-state index in [9.17, 15) is 0 Å². The molecule has 0 unspecified atom stereocenters. The molecule has 3 heterocycles. The second kappa shape index (κ2) is 10.7.